The summed E-state index contributed by atoms with van der Waals surface area (Å²) in [6.07, 6.45) is 14.9. The second kappa shape index (κ2) is 20.3. The Kier molecular flexibility index (Phi) is 15.4. The van der Waals surface area contributed by atoms with Gasteiger partial charge in [-0.25, -0.2) is 9.59 Å². The second-order valence-corrected chi connectivity index (χ2v) is 15.2. The van der Waals surface area contributed by atoms with Crippen LogP contribution in [-0.2, 0) is 30.2 Å². The quantitative estimate of drug-likeness (QED) is 0.0740. The molecule has 2 aliphatic rings. The van der Waals surface area contributed by atoms with Gasteiger partial charge >= 0.3 is 11.9 Å². The van der Waals surface area contributed by atoms with E-state index in [0.717, 1.165) is 47.5 Å². The Morgan fingerprint density at radius 2 is 1.26 bits per heavy atom. The van der Waals surface area contributed by atoms with Crippen molar-refractivity contribution in [3.05, 3.63) is 102 Å². The zero-order valence-corrected chi connectivity index (χ0v) is 32.3. The molecular weight excluding hydrogens is 661 g/mol. The average molecular weight is 721 g/mol. The Balaban J connectivity index is 1.21. The SMILES string of the molecule is C=C(C)C(=O)OCCOc1ccc(-c2ccc(-c3ccc(CCCOC(=O)C(=C)COC)cc3)cc2)cc1C1CCC(C2CCC(CCC)CC2)CC1. The zero-order valence-electron chi connectivity index (χ0n) is 32.3. The standard InChI is InChI=1S/C47H60O6/c1-6-8-35-10-14-37(15-11-35)40-22-24-42(25-23-40)44-31-43(26-27-45(44)51-29-30-53-46(48)33(2)3)41-20-18-39(19-21-41)38-16-12-36(13-17-38)9-7-28-52-47(49)34(4)32-50-5/h12-13,16-21,26-27,31,35,37,40,42H,2,4,6-11,14-15,22-25,28-30,32H2,1,3,5H3. The highest BCUT2D eigenvalue weighted by Crippen LogP contribution is 2.46. The first kappa shape index (κ1) is 40.0. The fraction of sp³-hybridized carbons (Fsp3) is 0.489. The largest absolute Gasteiger partial charge is 0.490 e. The Morgan fingerprint density at radius 3 is 1.87 bits per heavy atom. The molecule has 0 heterocycles. The molecule has 6 nitrogen and oxygen atoms in total. The molecule has 0 amide bonds. The van der Waals surface area contributed by atoms with Crippen LogP contribution in [0.2, 0.25) is 0 Å². The van der Waals surface area contributed by atoms with Gasteiger partial charge in [0.1, 0.15) is 19.0 Å². The minimum Gasteiger partial charge on any atom is -0.490 e. The van der Waals surface area contributed by atoms with E-state index in [1.807, 2.05) is 0 Å². The molecule has 3 aromatic rings. The van der Waals surface area contributed by atoms with Gasteiger partial charge in [-0.1, -0.05) is 100 Å². The molecule has 284 valence electrons. The molecule has 0 radical (unpaired) electrons. The molecule has 0 N–H and O–H groups in total. The summed E-state index contributed by atoms with van der Waals surface area (Å²) in [6, 6.07) is 24.0. The summed E-state index contributed by atoms with van der Waals surface area (Å²) in [7, 11) is 1.53. The van der Waals surface area contributed by atoms with E-state index in [-0.39, 0.29) is 19.2 Å². The maximum absolute atomic E-state index is 11.9. The summed E-state index contributed by atoms with van der Waals surface area (Å²) < 4.78 is 21.9. The van der Waals surface area contributed by atoms with Crippen molar-refractivity contribution in [2.24, 2.45) is 17.8 Å². The average Bonchev–Trinajstić information content (AvgIpc) is 3.19. The van der Waals surface area contributed by atoms with Crippen LogP contribution in [0.3, 0.4) is 0 Å². The van der Waals surface area contributed by atoms with Crippen LogP contribution in [0.25, 0.3) is 22.3 Å². The minimum atomic E-state index is -0.401. The highest BCUT2D eigenvalue weighted by Gasteiger charge is 2.32. The van der Waals surface area contributed by atoms with Crippen molar-refractivity contribution < 1.29 is 28.5 Å². The van der Waals surface area contributed by atoms with Gasteiger partial charge in [-0.15, -0.1) is 0 Å². The van der Waals surface area contributed by atoms with Crippen molar-refractivity contribution in [2.45, 2.75) is 96.8 Å². The van der Waals surface area contributed by atoms with Gasteiger partial charge < -0.3 is 18.9 Å². The molecule has 0 aliphatic heterocycles. The molecular formula is C47H60O6. The molecule has 0 saturated heterocycles. The fourth-order valence-corrected chi connectivity index (χ4v) is 8.34. The van der Waals surface area contributed by atoms with Crippen LogP contribution < -0.4 is 4.74 Å². The maximum atomic E-state index is 11.9. The van der Waals surface area contributed by atoms with Gasteiger partial charge in [0, 0.05) is 12.7 Å². The molecule has 0 atom stereocenters. The highest BCUT2D eigenvalue weighted by molar-refractivity contribution is 5.88. The number of rotatable bonds is 18. The van der Waals surface area contributed by atoms with Gasteiger partial charge in [-0.05, 0) is 127 Å². The molecule has 0 unspecified atom stereocenters. The molecule has 0 spiro atoms. The lowest BCUT2D eigenvalue weighted by Gasteiger charge is -2.38. The van der Waals surface area contributed by atoms with E-state index in [0.29, 0.717) is 30.3 Å². The van der Waals surface area contributed by atoms with E-state index in [9.17, 15) is 9.59 Å². The van der Waals surface area contributed by atoms with Crippen molar-refractivity contribution in [1.29, 1.82) is 0 Å². The molecule has 2 saturated carbocycles. The molecule has 5 rings (SSSR count). The summed E-state index contributed by atoms with van der Waals surface area (Å²) in [5.41, 5.74) is 7.89. The van der Waals surface area contributed by atoms with Crippen LogP contribution in [0.15, 0.2) is 91.0 Å². The predicted molar refractivity (Wildman–Crippen MR) is 214 cm³/mol. The van der Waals surface area contributed by atoms with Crippen molar-refractivity contribution in [3.63, 3.8) is 0 Å². The van der Waals surface area contributed by atoms with E-state index in [1.165, 1.54) is 93.6 Å². The number of hydrogen-bond donors (Lipinski definition) is 0. The Labute approximate surface area is 318 Å². The van der Waals surface area contributed by atoms with Gasteiger partial charge in [0.05, 0.1) is 18.8 Å². The third-order valence-electron chi connectivity index (χ3n) is 11.4. The monoisotopic (exact) mass is 720 g/mol. The highest BCUT2D eigenvalue weighted by atomic mass is 16.6. The number of methoxy groups -OCH3 is 1. The van der Waals surface area contributed by atoms with E-state index in [4.69, 9.17) is 18.9 Å². The second-order valence-electron chi connectivity index (χ2n) is 15.2. The summed E-state index contributed by atoms with van der Waals surface area (Å²) in [5, 5.41) is 0. The predicted octanol–water partition coefficient (Wildman–Crippen LogP) is 11.1. The van der Waals surface area contributed by atoms with E-state index < -0.39 is 5.97 Å². The summed E-state index contributed by atoms with van der Waals surface area (Å²) in [4.78, 5) is 23.8. The van der Waals surface area contributed by atoms with Crippen LogP contribution in [0, 0.1) is 17.8 Å². The van der Waals surface area contributed by atoms with E-state index in [2.05, 4.69) is 86.8 Å². The number of carbonyl (C=O) groups excluding carboxylic acids is 2. The smallest absolute Gasteiger partial charge is 0.335 e. The van der Waals surface area contributed by atoms with Crippen LogP contribution in [0.5, 0.6) is 5.75 Å². The normalized spacial score (nSPS) is 20.0. The Hall–Kier alpha value is -4.16. The summed E-state index contributed by atoms with van der Waals surface area (Å²) in [5.74, 6) is 3.27. The number of aryl methyl sites for hydroxylation is 1. The lowest BCUT2D eigenvalue weighted by Crippen LogP contribution is -2.25. The lowest BCUT2D eigenvalue weighted by molar-refractivity contribution is -0.140. The molecule has 0 aromatic heterocycles. The van der Waals surface area contributed by atoms with Crippen molar-refractivity contribution in [2.75, 3.05) is 33.5 Å². The van der Waals surface area contributed by atoms with Crippen LogP contribution in [0.4, 0.5) is 0 Å². The van der Waals surface area contributed by atoms with Gasteiger partial charge in [-0.2, -0.15) is 0 Å². The van der Waals surface area contributed by atoms with Gasteiger partial charge in [0.15, 0.2) is 0 Å². The van der Waals surface area contributed by atoms with Gasteiger partial charge in [0.25, 0.3) is 0 Å². The third kappa shape index (κ3) is 11.7. The summed E-state index contributed by atoms with van der Waals surface area (Å²) in [6.45, 7) is 12.4. The van der Waals surface area contributed by atoms with E-state index >= 15 is 0 Å². The molecule has 0 bridgehead atoms. The topological polar surface area (TPSA) is 71.1 Å². The number of esters is 2. The molecule has 2 fully saturated rings. The summed E-state index contributed by atoms with van der Waals surface area (Å²) >= 11 is 0. The minimum absolute atomic E-state index is 0.183. The fourth-order valence-electron chi connectivity index (χ4n) is 8.34. The van der Waals surface area contributed by atoms with Crippen LogP contribution >= 0.6 is 0 Å². The number of carbonyl (C=O) groups is 2. The zero-order chi connectivity index (χ0) is 37.6. The van der Waals surface area contributed by atoms with Gasteiger partial charge in [-0.3, -0.25) is 0 Å². The molecule has 3 aromatic carbocycles. The number of benzene rings is 3. The van der Waals surface area contributed by atoms with Crippen molar-refractivity contribution in [3.8, 4) is 28.0 Å². The maximum Gasteiger partial charge on any atom is 0.335 e. The number of ether oxygens (including phenoxy) is 4. The third-order valence-corrected chi connectivity index (χ3v) is 11.4. The van der Waals surface area contributed by atoms with Gasteiger partial charge in [0.2, 0.25) is 0 Å². The van der Waals surface area contributed by atoms with Crippen molar-refractivity contribution in [1.82, 2.24) is 0 Å². The molecule has 2 aliphatic carbocycles. The van der Waals surface area contributed by atoms with Crippen LogP contribution in [-0.4, -0.2) is 45.5 Å². The Morgan fingerprint density at radius 1 is 0.698 bits per heavy atom. The first-order valence-electron chi connectivity index (χ1n) is 19.9. The van der Waals surface area contributed by atoms with Crippen LogP contribution in [0.1, 0.15) is 102 Å². The number of hydrogen-bond acceptors (Lipinski definition) is 6. The molecule has 6 heteroatoms. The first-order chi connectivity index (χ1) is 25.7. The lowest BCUT2D eigenvalue weighted by atomic mass is 9.68. The van der Waals surface area contributed by atoms with Crippen molar-refractivity contribution >= 4 is 11.9 Å². The van der Waals surface area contributed by atoms with E-state index in [1.54, 1.807) is 6.92 Å². The first-order valence-corrected chi connectivity index (χ1v) is 19.9. The Bertz CT molecular complexity index is 1640. The molecule has 53 heavy (non-hydrogen) atoms.